The summed E-state index contributed by atoms with van der Waals surface area (Å²) in [5, 5.41) is 2.96. The van der Waals surface area contributed by atoms with Crippen molar-refractivity contribution in [3.05, 3.63) is 29.3 Å². The van der Waals surface area contributed by atoms with Crippen molar-refractivity contribution in [2.24, 2.45) is 11.7 Å². The van der Waals surface area contributed by atoms with Crippen LogP contribution in [0.3, 0.4) is 0 Å². The molecule has 0 bridgehead atoms. The second-order valence-electron chi connectivity index (χ2n) is 5.22. The third-order valence-corrected chi connectivity index (χ3v) is 3.74. The van der Waals surface area contributed by atoms with Gasteiger partial charge in [-0.15, -0.1) is 0 Å². The van der Waals surface area contributed by atoms with Gasteiger partial charge in [-0.25, -0.2) is 0 Å². The summed E-state index contributed by atoms with van der Waals surface area (Å²) in [4.78, 5) is 23.2. The van der Waals surface area contributed by atoms with Crippen LogP contribution in [-0.4, -0.2) is 11.8 Å². The van der Waals surface area contributed by atoms with Gasteiger partial charge in [0, 0.05) is 17.2 Å². The maximum Gasteiger partial charge on any atom is 0.248 e. The van der Waals surface area contributed by atoms with E-state index in [4.69, 9.17) is 5.73 Å². The van der Waals surface area contributed by atoms with E-state index < -0.39 is 5.91 Å². The molecule has 1 aromatic rings. The molecule has 2 rings (SSSR count). The van der Waals surface area contributed by atoms with Crippen LogP contribution in [0.25, 0.3) is 0 Å². The van der Waals surface area contributed by atoms with Gasteiger partial charge in [0.25, 0.3) is 0 Å². The Balaban J connectivity index is 2.06. The van der Waals surface area contributed by atoms with Crippen LogP contribution >= 0.6 is 0 Å². The quantitative estimate of drug-likeness (QED) is 0.876. The molecule has 1 saturated carbocycles. The molecule has 0 aliphatic heterocycles. The first-order chi connectivity index (χ1) is 9.08. The average molecular weight is 260 g/mol. The van der Waals surface area contributed by atoms with Crippen LogP contribution in [0.4, 0.5) is 5.69 Å². The van der Waals surface area contributed by atoms with Crippen LogP contribution in [-0.2, 0) is 4.79 Å². The molecule has 0 unspecified atom stereocenters. The summed E-state index contributed by atoms with van der Waals surface area (Å²) in [5.41, 5.74) is 7.32. The fourth-order valence-electron chi connectivity index (χ4n) is 2.56. The Morgan fingerprint density at radius 3 is 2.47 bits per heavy atom. The maximum absolute atomic E-state index is 12.1. The molecule has 4 nitrogen and oxygen atoms in total. The Bertz CT molecular complexity index is 491. The van der Waals surface area contributed by atoms with Crippen LogP contribution in [0.1, 0.15) is 48.0 Å². The van der Waals surface area contributed by atoms with Crippen LogP contribution in [0.15, 0.2) is 18.2 Å². The number of anilines is 1. The van der Waals surface area contributed by atoms with Gasteiger partial charge >= 0.3 is 0 Å². The number of rotatable bonds is 3. The lowest BCUT2D eigenvalue weighted by Gasteiger charge is -2.21. The monoisotopic (exact) mass is 260 g/mol. The smallest absolute Gasteiger partial charge is 0.248 e. The number of amides is 2. The van der Waals surface area contributed by atoms with Gasteiger partial charge in [-0.3, -0.25) is 9.59 Å². The number of nitrogens with two attached hydrogens (primary N) is 1. The van der Waals surface area contributed by atoms with E-state index in [0.717, 1.165) is 36.9 Å². The van der Waals surface area contributed by atoms with Gasteiger partial charge in [0.2, 0.25) is 11.8 Å². The molecule has 0 saturated heterocycles. The highest BCUT2D eigenvalue weighted by molar-refractivity contribution is 5.96. The second-order valence-corrected chi connectivity index (χ2v) is 5.22. The average Bonchev–Trinajstić information content (AvgIpc) is 2.41. The Morgan fingerprint density at radius 1 is 1.21 bits per heavy atom. The standard InChI is InChI=1S/C15H20N2O2/c1-10-9-12(14(16)18)7-8-13(10)17-15(19)11-5-3-2-4-6-11/h7-9,11H,2-6H2,1H3,(H2,16,18)(H,17,19). The molecule has 0 heterocycles. The van der Waals surface area contributed by atoms with Crippen molar-refractivity contribution in [3.63, 3.8) is 0 Å². The minimum absolute atomic E-state index is 0.0922. The molecule has 0 atom stereocenters. The Morgan fingerprint density at radius 2 is 1.89 bits per heavy atom. The number of carbonyl (C=O) groups is 2. The van der Waals surface area contributed by atoms with Crippen LogP contribution in [0.2, 0.25) is 0 Å². The molecule has 1 aliphatic carbocycles. The fraction of sp³-hybridized carbons (Fsp3) is 0.467. The zero-order valence-electron chi connectivity index (χ0n) is 11.2. The normalized spacial score (nSPS) is 16.1. The van der Waals surface area contributed by atoms with E-state index in [1.54, 1.807) is 18.2 Å². The molecular weight excluding hydrogens is 240 g/mol. The van der Waals surface area contributed by atoms with Gasteiger partial charge in [-0.2, -0.15) is 0 Å². The number of carbonyl (C=O) groups excluding carboxylic acids is 2. The van der Waals surface area contributed by atoms with E-state index in [9.17, 15) is 9.59 Å². The summed E-state index contributed by atoms with van der Waals surface area (Å²) in [5.74, 6) is -0.230. The minimum Gasteiger partial charge on any atom is -0.366 e. The topological polar surface area (TPSA) is 72.2 Å². The maximum atomic E-state index is 12.1. The van der Waals surface area contributed by atoms with Crippen molar-refractivity contribution in [2.75, 3.05) is 5.32 Å². The van der Waals surface area contributed by atoms with Crippen molar-refractivity contribution in [1.82, 2.24) is 0 Å². The van der Waals surface area contributed by atoms with E-state index in [1.807, 2.05) is 6.92 Å². The van der Waals surface area contributed by atoms with Crippen molar-refractivity contribution >= 4 is 17.5 Å². The first kappa shape index (κ1) is 13.6. The Labute approximate surface area is 113 Å². The largest absolute Gasteiger partial charge is 0.366 e. The predicted octanol–water partition coefficient (Wildman–Crippen LogP) is 2.61. The van der Waals surface area contributed by atoms with Crippen LogP contribution < -0.4 is 11.1 Å². The van der Waals surface area contributed by atoms with Crippen molar-refractivity contribution in [1.29, 1.82) is 0 Å². The molecule has 3 N–H and O–H groups in total. The van der Waals surface area contributed by atoms with Crippen molar-refractivity contribution < 1.29 is 9.59 Å². The number of hydrogen-bond donors (Lipinski definition) is 2. The molecule has 0 radical (unpaired) electrons. The fourth-order valence-corrected chi connectivity index (χ4v) is 2.56. The highest BCUT2D eigenvalue weighted by atomic mass is 16.2. The second kappa shape index (κ2) is 5.87. The highest BCUT2D eigenvalue weighted by Crippen LogP contribution is 2.25. The zero-order chi connectivity index (χ0) is 13.8. The minimum atomic E-state index is -0.451. The Hall–Kier alpha value is -1.84. The van der Waals surface area contributed by atoms with Gasteiger partial charge in [0.05, 0.1) is 0 Å². The summed E-state index contributed by atoms with van der Waals surface area (Å²) in [7, 11) is 0. The molecular formula is C15H20N2O2. The summed E-state index contributed by atoms with van der Waals surface area (Å²) >= 11 is 0. The van der Waals surface area contributed by atoms with Gasteiger partial charge in [0.15, 0.2) is 0 Å². The number of primary amides is 1. The number of hydrogen-bond acceptors (Lipinski definition) is 2. The first-order valence-electron chi connectivity index (χ1n) is 6.79. The van der Waals surface area contributed by atoms with Crippen molar-refractivity contribution in [2.45, 2.75) is 39.0 Å². The molecule has 102 valence electrons. The lowest BCUT2D eigenvalue weighted by Crippen LogP contribution is -2.25. The molecule has 2 amide bonds. The molecule has 4 heteroatoms. The SMILES string of the molecule is Cc1cc(C(N)=O)ccc1NC(=O)C1CCCCC1. The summed E-state index contributed by atoms with van der Waals surface area (Å²) in [6, 6.07) is 5.10. The van der Waals surface area contributed by atoms with Gasteiger partial charge in [0.1, 0.15) is 0 Å². The van der Waals surface area contributed by atoms with Gasteiger partial charge < -0.3 is 11.1 Å². The highest BCUT2D eigenvalue weighted by Gasteiger charge is 2.21. The number of nitrogens with one attached hydrogen (secondary N) is 1. The third-order valence-electron chi connectivity index (χ3n) is 3.74. The van der Waals surface area contributed by atoms with Crippen LogP contribution in [0, 0.1) is 12.8 Å². The third kappa shape index (κ3) is 3.34. The molecule has 19 heavy (non-hydrogen) atoms. The first-order valence-corrected chi connectivity index (χ1v) is 6.79. The van der Waals surface area contributed by atoms with Gasteiger partial charge in [-0.1, -0.05) is 19.3 Å². The van der Waals surface area contributed by atoms with E-state index in [-0.39, 0.29) is 11.8 Å². The molecule has 1 aliphatic rings. The van der Waals surface area contributed by atoms with Crippen LogP contribution in [0.5, 0.6) is 0 Å². The zero-order valence-corrected chi connectivity index (χ0v) is 11.2. The summed E-state index contributed by atoms with van der Waals surface area (Å²) in [6.45, 7) is 1.86. The van der Waals surface area contributed by atoms with Gasteiger partial charge in [-0.05, 0) is 43.5 Å². The van der Waals surface area contributed by atoms with E-state index in [1.165, 1.54) is 6.42 Å². The molecule has 1 fully saturated rings. The molecule has 1 aromatic carbocycles. The lowest BCUT2D eigenvalue weighted by molar-refractivity contribution is -0.120. The molecule has 0 spiro atoms. The van der Waals surface area contributed by atoms with E-state index >= 15 is 0 Å². The van der Waals surface area contributed by atoms with E-state index in [0.29, 0.717) is 5.56 Å². The van der Waals surface area contributed by atoms with E-state index in [2.05, 4.69) is 5.32 Å². The predicted molar refractivity (Wildman–Crippen MR) is 74.9 cm³/mol. The van der Waals surface area contributed by atoms with Crippen molar-refractivity contribution in [3.8, 4) is 0 Å². The lowest BCUT2D eigenvalue weighted by atomic mass is 9.88. The summed E-state index contributed by atoms with van der Waals surface area (Å²) < 4.78 is 0. The number of benzene rings is 1. The Kier molecular flexibility index (Phi) is 4.20. The summed E-state index contributed by atoms with van der Waals surface area (Å²) in [6.07, 6.45) is 5.46. The number of aryl methyl sites for hydroxylation is 1. The molecule has 0 aromatic heterocycles.